The second-order valence-corrected chi connectivity index (χ2v) is 5.09. The molecule has 7 heteroatoms. The van der Waals surface area contributed by atoms with Crippen LogP contribution in [0.3, 0.4) is 0 Å². The molecule has 2 aromatic rings. The maximum absolute atomic E-state index is 11.5. The van der Waals surface area contributed by atoms with E-state index in [0.717, 1.165) is 12.8 Å². The van der Waals surface area contributed by atoms with Crippen molar-refractivity contribution in [1.82, 2.24) is 15.0 Å². The van der Waals surface area contributed by atoms with Crippen LogP contribution in [-0.4, -0.2) is 40.3 Å². The monoisotopic (exact) mass is 319 g/mol. The Morgan fingerprint density at radius 2 is 1.96 bits per heavy atom. The van der Waals surface area contributed by atoms with E-state index in [0.29, 0.717) is 22.9 Å². The number of hydrogen-bond acceptors (Lipinski definition) is 5. The fourth-order valence-electron chi connectivity index (χ4n) is 2.62. The first-order valence-corrected chi connectivity index (χ1v) is 7.48. The van der Waals surface area contributed by atoms with Gasteiger partial charge in [-0.1, -0.05) is 19.1 Å². The quantitative estimate of drug-likeness (QED) is 0.844. The van der Waals surface area contributed by atoms with Crippen LogP contribution in [0.1, 0.15) is 48.8 Å². The normalized spacial score (nSPS) is 10.8. The van der Waals surface area contributed by atoms with Crippen LogP contribution in [0.15, 0.2) is 18.2 Å². The highest BCUT2D eigenvalue weighted by molar-refractivity contribution is 5.87. The summed E-state index contributed by atoms with van der Waals surface area (Å²) >= 11 is 0. The number of rotatable bonds is 7. The van der Waals surface area contributed by atoms with Crippen molar-refractivity contribution >= 4 is 5.97 Å². The molecule has 2 rings (SSSR count). The molecule has 0 atom stereocenters. The fraction of sp³-hybridized carbons (Fsp3) is 0.438. The number of ether oxygens (including phenoxy) is 2. The van der Waals surface area contributed by atoms with Gasteiger partial charge in [-0.3, -0.25) is 0 Å². The minimum Gasteiger partial charge on any atom is -0.497 e. The molecule has 0 aliphatic rings. The zero-order valence-corrected chi connectivity index (χ0v) is 13.7. The first-order chi connectivity index (χ1) is 11.1. The summed E-state index contributed by atoms with van der Waals surface area (Å²) in [7, 11) is 3.12. The van der Waals surface area contributed by atoms with Gasteiger partial charge in [-0.25, -0.2) is 9.48 Å². The first kappa shape index (κ1) is 16.8. The van der Waals surface area contributed by atoms with Gasteiger partial charge >= 0.3 is 5.97 Å². The van der Waals surface area contributed by atoms with Gasteiger partial charge in [0.05, 0.1) is 19.9 Å². The van der Waals surface area contributed by atoms with Crippen LogP contribution < -0.4 is 9.47 Å². The Balaban J connectivity index is 2.70. The summed E-state index contributed by atoms with van der Waals surface area (Å²) in [6.07, 6.45) is 1.58. The van der Waals surface area contributed by atoms with Crippen LogP contribution in [0.2, 0.25) is 0 Å². The lowest BCUT2D eigenvalue weighted by molar-refractivity contribution is 0.0688. The lowest BCUT2D eigenvalue weighted by Crippen LogP contribution is -2.12. The fourth-order valence-corrected chi connectivity index (χ4v) is 2.62. The molecule has 0 radical (unpaired) electrons. The summed E-state index contributed by atoms with van der Waals surface area (Å²) in [5.74, 6) is 0.149. The number of aromatic carboxylic acids is 1. The van der Waals surface area contributed by atoms with Crippen LogP contribution in [0.5, 0.6) is 11.5 Å². The number of benzene rings is 1. The summed E-state index contributed by atoms with van der Waals surface area (Å²) in [6, 6.07) is 5.28. The molecular weight excluding hydrogens is 298 g/mol. The number of carbonyl (C=O) groups is 1. The molecule has 124 valence electrons. The van der Waals surface area contributed by atoms with E-state index in [9.17, 15) is 9.90 Å². The van der Waals surface area contributed by atoms with Crippen LogP contribution in [0.4, 0.5) is 0 Å². The second kappa shape index (κ2) is 7.13. The highest BCUT2D eigenvalue weighted by atomic mass is 16.5. The molecule has 1 heterocycles. The average molecular weight is 319 g/mol. The molecule has 1 aromatic carbocycles. The largest absolute Gasteiger partial charge is 0.497 e. The SMILES string of the molecule is CCC(CC)c1c(C(=O)O)nnn1-c1cc(OC)ccc1OC. The highest BCUT2D eigenvalue weighted by Crippen LogP contribution is 2.33. The molecule has 1 aromatic heterocycles. The summed E-state index contributed by atoms with van der Waals surface area (Å²) in [4.78, 5) is 11.5. The molecule has 23 heavy (non-hydrogen) atoms. The molecule has 0 unspecified atom stereocenters. The summed E-state index contributed by atoms with van der Waals surface area (Å²) in [5.41, 5.74) is 1.16. The maximum atomic E-state index is 11.5. The third-order valence-corrected chi connectivity index (χ3v) is 3.89. The zero-order valence-electron chi connectivity index (χ0n) is 13.7. The first-order valence-electron chi connectivity index (χ1n) is 7.48. The molecule has 1 N–H and O–H groups in total. The Kier molecular flexibility index (Phi) is 5.20. The van der Waals surface area contributed by atoms with E-state index in [-0.39, 0.29) is 11.6 Å². The van der Waals surface area contributed by atoms with Crippen molar-refractivity contribution in [2.24, 2.45) is 0 Å². The van der Waals surface area contributed by atoms with Gasteiger partial charge in [-0.2, -0.15) is 0 Å². The third kappa shape index (κ3) is 3.13. The smallest absolute Gasteiger partial charge is 0.358 e. The predicted octanol–water partition coefficient (Wildman–Crippen LogP) is 2.89. The van der Waals surface area contributed by atoms with Gasteiger partial charge < -0.3 is 14.6 Å². The van der Waals surface area contributed by atoms with Crippen molar-refractivity contribution in [3.63, 3.8) is 0 Å². The van der Waals surface area contributed by atoms with Crippen LogP contribution in [0, 0.1) is 0 Å². The molecule has 0 bridgehead atoms. The molecule has 0 aliphatic heterocycles. The van der Waals surface area contributed by atoms with Crippen LogP contribution in [0.25, 0.3) is 5.69 Å². The highest BCUT2D eigenvalue weighted by Gasteiger charge is 2.26. The number of hydrogen-bond donors (Lipinski definition) is 1. The molecule has 0 amide bonds. The Bertz CT molecular complexity index is 693. The van der Waals surface area contributed by atoms with Gasteiger partial charge in [0, 0.05) is 12.0 Å². The van der Waals surface area contributed by atoms with Crippen molar-refractivity contribution in [2.45, 2.75) is 32.6 Å². The van der Waals surface area contributed by atoms with Gasteiger partial charge in [-0.15, -0.1) is 5.10 Å². The molecule has 7 nitrogen and oxygen atoms in total. The van der Waals surface area contributed by atoms with E-state index in [1.807, 2.05) is 13.8 Å². The molecule has 0 fully saturated rings. The van der Waals surface area contributed by atoms with Crippen molar-refractivity contribution in [2.75, 3.05) is 14.2 Å². The van der Waals surface area contributed by atoms with E-state index in [1.165, 1.54) is 0 Å². The van der Waals surface area contributed by atoms with E-state index < -0.39 is 5.97 Å². The Morgan fingerprint density at radius 1 is 1.26 bits per heavy atom. The lowest BCUT2D eigenvalue weighted by atomic mass is 9.97. The van der Waals surface area contributed by atoms with E-state index in [1.54, 1.807) is 37.1 Å². The number of carboxylic acid groups (broad SMARTS) is 1. The van der Waals surface area contributed by atoms with Crippen LogP contribution >= 0.6 is 0 Å². The minimum absolute atomic E-state index is 0.0245. The van der Waals surface area contributed by atoms with Crippen LogP contribution in [-0.2, 0) is 0 Å². The molecule has 0 aliphatic carbocycles. The lowest BCUT2D eigenvalue weighted by Gasteiger charge is -2.17. The molecular formula is C16H21N3O4. The van der Waals surface area contributed by atoms with Crippen molar-refractivity contribution < 1.29 is 19.4 Å². The van der Waals surface area contributed by atoms with E-state index in [4.69, 9.17) is 9.47 Å². The minimum atomic E-state index is -1.08. The average Bonchev–Trinajstić information content (AvgIpc) is 3.00. The Hall–Kier alpha value is -2.57. The zero-order chi connectivity index (χ0) is 17.0. The maximum Gasteiger partial charge on any atom is 0.358 e. The van der Waals surface area contributed by atoms with Gasteiger partial charge in [0.25, 0.3) is 0 Å². The second-order valence-electron chi connectivity index (χ2n) is 5.09. The number of aromatic nitrogens is 3. The Labute approximate surface area is 134 Å². The van der Waals surface area contributed by atoms with Gasteiger partial charge in [0.1, 0.15) is 17.2 Å². The summed E-state index contributed by atoms with van der Waals surface area (Å²) < 4.78 is 12.2. The summed E-state index contributed by atoms with van der Waals surface area (Å²) in [6.45, 7) is 4.03. The number of nitrogens with zero attached hydrogens (tertiary/aromatic N) is 3. The van der Waals surface area contributed by atoms with E-state index >= 15 is 0 Å². The molecule has 0 spiro atoms. The third-order valence-electron chi connectivity index (χ3n) is 3.89. The molecule has 0 saturated heterocycles. The van der Waals surface area contributed by atoms with Crippen molar-refractivity contribution in [1.29, 1.82) is 0 Å². The standard InChI is InChI=1S/C16H21N3O4/c1-5-10(6-2)15-14(16(20)21)17-18-19(15)12-9-11(22-3)7-8-13(12)23-4/h7-10H,5-6H2,1-4H3,(H,20,21). The predicted molar refractivity (Wildman–Crippen MR) is 84.7 cm³/mol. The number of methoxy groups -OCH3 is 2. The van der Waals surface area contributed by atoms with Gasteiger partial charge in [0.15, 0.2) is 5.69 Å². The van der Waals surface area contributed by atoms with Crippen molar-refractivity contribution in [3.05, 3.63) is 29.6 Å². The van der Waals surface area contributed by atoms with Crippen molar-refractivity contribution in [3.8, 4) is 17.2 Å². The molecule has 0 saturated carbocycles. The number of carboxylic acids is 1. The van der Waals surface area contributed by atoms with Gasteiger partial charge in [-0.05, 0) is 25.0 Å². The topological polar surface area (TPSA) is 86.5 Å². The van der Waals surface area contributed by atoms with Gasteiger partial charge in [0.2, 0.25) is 0 Å². The summed E-state index contributed by atoms with van der Waals surface area (Å²) in [5, 5.41) is 17.3. The Morgan fingerprint density at radius 3 is 2.48 bits per heavy atom. The van der Waals surface area contributed by atoms with E-state index in [2.05, 4.69) is 10.3 Å².